The van der Waals surface area contributed by atoms with Crippen LogP contribution in [0, 0.1) is 5.82 Å². The van der Waals surface area contributed by atoms with E-state index in [0.717, 1.165) is 36.8 Å². The second kappa shape index (κ2) is 4.57. The van der Waals surface area contributed by atoms with Gasteiger partial charge in [-0.25, -0.2) is 4.39 Å². The number of fused-ring (bicyclic) bond motifs is 4. The van der Waals surface area contributed by atoms with Crippen LogP contribution in [-0.2, 0) is 5.60 Å². The van der Waals surface area contributed by atoms with Crippen molar-refractivity contribution in [2.24, 2.45) is 0 Å². The van der Waals surface area contributed by atoms with Gasteiger partial charge in [0.25, 0.3) is 0 Å². The van der Waals surface area contributed by atoms with Crippen molar-refractivity contribution >= 4 is 0 Å². The highest BCUT2D eigenvalue weighted by atomic mass is 19.1. The SMILES string of the molecule is CC(C)N[C@H]1CCCCC2c3cc(F)ccc3[C@@]21O. The molecule has 2 aliphatic carbocycles. The number of halogens is 1. The molecule has 3 atom stereocenters. The van der Waals surface area contributed by atoms with Gasteiger partial charge in [0.1, 0.15) is 11.4 Å². The average molecular weight is 263 g/mol. The zero-order valence-electron chi connectivity index (χ0n) is 11.6. The molecule has 2 nitrogen and oxygen atoms in total. The molecule has 1 unspecified atom stereocenters. The third-order valence-corrected chi connectivity index (χ3v) is 4.65. The molecule has 3 rings (SSSR count). The monoisotopic (exact) mass is 263 g/mol. The molecule has 1 saturated carbocycles. The van der Waals surface area contributed by atoms with E-state index < -0.39 is 5.60 Å². The first-order chi connectivity index (χ1) is 9.03. The van der Waals surface area contributed by atoms with Gasteiger partial charge in [0.15, 0.2) is 0 Å². The van der Waals surface area contributed by atoms with Gasteiger partial charge in [0.05, 0.1) is 0 Å². The van der Waals surface area contributed by atoms with Crippen molar-refractivity contribution in [3.63, 3.8) is 0 Å². The fourth-order valence-corrected chi connectivity index (χ4v) is 3.87. The Morgan fingerprint density at radius 1 is 1.32 bits per heavy atom. The lowest BCUT2D eigenvalue weighted by atomic mass is 9.60. The molecular formula is C16H22FNO. The molecule has 0 aromatic heterocycles. The largest absolute Gasteiger partial charge is 0.383 e. The van der Waals surface area contributed by atoms with E-state index in [9.17, 15) is 9.50 Å². The van der Waals surface area contributed by atoms with E-state index in [4.69, 9.17) is 0 Å². The number of aliphatic hydroxyl groups is 1. The van der Waals surface area contributed by atoms with Crippen molar-refractivity contribution in [3.05, 3.63) is 35.1 Å². The third kappa shape index (κ3) is 1.91. The minimum atomic E-state index is -0.802. The van der Waals surface area contributed by atoms with Crippen LogP contribution >= 0.6 is 0 Å². The Kier molecular flexibility index (Phi) is 3.14. The molecule has 0 heterocycles. The molecular weight excluding hydrogens is 241 g/mol. The molecule has 0 amide bonds. The standard InChI is InChI=1S/C16H22FNO/c1-10(2)18-15-6-4-3-5-13-12-9-11(17)7-8-14(12)16(13,15)19/h7-10,13,15,18-19H,3-6H2,1-2H3/t13?,15-,16-/m0/s1. The molecule has 0 saturated heterocycles. The lowest BCUT2D eigenvalue weighted by molar-refractivity contribution is -0.0559. The number of benzene rings is 1. The fourth-order valence-electron chi connectivity index (χ4n) is 3.87. The van der Waals surface area contributed by atoms with Crippen molar-refractivity contribution in [3.8, 4) is 0 Å². The van der Waals surface area contributed by atoms with E-state index in [1.54, 1.807) is 12.1 Å². The first kappa shape index (κ1) is 13.1. The molecule has 1 aromatic carbocycles. The van der Waals surface area contributed by atoms with Crippen LogP contribution < -0.4 is 5.32 Å². The van der Waals surface area contributed by atoms with Crippen LogP contribution in [0.4, 0.5) is 4.39 Å². The molecule has 0 bridgehead atoms. The van der Waals surface area contributed by atoms with E-state index in [1.807, 2.05) is 0 Å². The Morgan fingerprint density at radius 2 is 2.05 bits per heavy atom. The van der Waals surface area contributed by atoms with Crippen LogP contribution in [0.3, 0.4) is 0 Å². The average Bonchev–Trinajstić information content (AvgIpc) is 2.47. The summed E-state index contributed by atoms with van der Waals surface area (Å²) < 4.78 is 13.4. The minimum absolute atomic E-state index is 0.0814. The van der Waals surface area contributed by atoms with Crippen LogP contribution in [0.25, 0.3) is 0 Å². The van der Waals surface area contributed by atoms with Crippen molar-refractivity contribution in [2.45, 2.75) is 63.1 Å². The van der Waals surface area contributed by atoms with E-state index in [2.05, 4.69) is 19.2 Å². The molecule has 2 N–H and O–H groups in total. The summed E-state index contributed by atoms with van der Waals surface area (Å²) in [5.41, 5.74) is 1.14. The maximum absolute atomic E-state index is 13.4. The van der Waals surface area contributed by atoms with Crippen LogP contribution in [0.5, 0.6) is 0 Å². The van der Waals surface area contributed by atoms with Gasteiger partial charge in [0, 0.05) is 18.0 Å². The number of nitrogens with one attached hydrogen (secondary N) is 1. The molecule has 104 valence electrons. The maximum atomic E-state index is 13.4. The summed E-state index contributed by atoms with van der Waals surface area (Å²) in [5, 5.41) is 14.7. The van der Waals surface area contributed by atoms with Crippen molar-refractivity contribution in [1.29, 1.82) is 0 Å². The Labute approximate surface area is 114 Å². The van der Waals surface area contributed by atoms with Crippen LogP contribution in [0.15, 0.2) is 18.2 Å². The van der Waals surface area contributed by atoms with E-state index in [0.29, 0.717) is 6.04 Å². The summed E-state index contributed by atoms with van der Waals surface area (Å²) in [4.78, 5) is 0. The topological polar surface area (TPSA) is 32.3 Å². The van der Waals surface area contributed by atoms with Gasteiger partial charge in [-0.1, -0.05) is 32.8 Å². The van der Waals surface area contributed by atoms with Crippen LogP contribution in [0.2, 0.25) is 0 Å². The summed E-state index contributed by atoms with van der Waals surface area (Å²) in [6.45, 7) is 4.21. The molecule has 2 aliphatic rings. The second-order valence-electron chi connectivity index (χ2n) is 6.27. The van der Waals surface area contributed by atoms with Crippen molar-refractivity contribution < 1.29 is 9.50 Å². The summed E-state index contributed by atoms with van der Waals surface area (Å²) in [6, 6.07) is 5.26. The van der Waals surface area contributed by atoms with Gasteiger partial charge in [-0.2, -0.15) is 0 Å². The highest BCUT2D eigenvalue weighted by Crippen LogP contribution is 2.56. The summed E-state index contributed by atoms with van der Waals surface area (Å²) in [7, 11) is 0. The number of hydrogen-bond acceptors (Lipinski definition) is 2. The smallest absolute Gasteiger partial charge is 0.123 e. The van der Waals surface area contributed by atoms with Crippen molar-refractivity contribution in [2.75, 3.05) is 0 Å². The Morgan fingerprint density at radius 3 is 2.79 bits per heavy atom. The Hall–Kier alpha value is -0.930. The summed E-state index contributed by atoms with van der Waals surface area (Å²) >= 11 is 0. The fraction of sp³-hybridized carbons (Fsp3) is 0.625. The summed E-state index contributed by atoms with van der Waals surface area (Å²) in [6.07, 6.45) is 4.18. The molecule has 0 aliphatic heterocycles. The van der Waals surface area contributed by atoms with Gasteiger partial charge in [-0.05, 0) is 36.1 Å². The molecule has 3 heteroatoms. The molecule has 1 fully saturated rings. The van der Waals surface area contributed by atoms with Gasteiger partial charge in [-0.15, -0.1) is 0 Å². The van der Waals surface area contributed by atoms with Gasteiger partial charge >= 0.3 is 0 Å². The third-order valence-electron chi connectivity index (χ3n) is 4.65. The predicted octanol–water partition coefficient (Wildman–Crippen LogP) is 3.05. The molecule has 0 radical (unpaired) electrons. The lowest BCUT2D eigenvalue weighted by Crippen LogP contribution is -2.58. The number of rotatable bonds is 2. The highest BCUT2D eigenvalue weighted by molar-refractivity contribution is 5.49. The Bertz CT molecular complexity index is 488. The molecule has 0 spiro atoms. The van der Waals surface area contributed by atoms with Gasteiger partial charge in [-0.3, -0.25) is 0 Å². The zero-order chi connectivity index (χ0) is 13.6. The van der Waals surface area contributed by atoms with Crippen molar-refractivity contribution in [1.82, 2.24) is 5.32 Å². The minimum Gasteiger partial charge on any atom is -0.383 e. The normalized spacial score (nSPS) is 33.3. The molecule has 19 heavy (non-hydrogen) atoms. The van der Waals surface area contributed by atoms with Gasteiger partial charge in [0.2, 0.25) is 0 Å². The van der Waals surface area contributed by atoms with E-state index in [-0.39, 0.29) is 17.8 Å². The van der Waals surface area contributed by atoms with E-state index >= 15 is 0 Å². The van der Waals surface area contributed by atoms with Crippen LogP contribution in [-0.4, -0.2) is 17.2 Å². The van der Waals surface area contributed by atoms with Crippen LogP contribution in [0.1, 0.15) is 56.6 Å². The van der Waals surface area contributed by atoms with E-state index in [1.165, 1.54) is 6.07 Å². The first-order valence-corrected chi connectivity index (χ1v) is 7.32. The highest BCUT2D eigenvalue weighted by Gasteiger charge is 2.55. The number of hydrogen-bond donors (Lipinski definition) is 2. The quantitative estimate of drug-likeness (QED) is 0.859. The Balaban J connectivity index is 2.00. The maximum Gasteiger partial charge on any atom is 0.123 e. The predicted molar refractivity (Wildman–Crippen MR) is 73.6 cm³/mol. The first-order valence-electron chi connectivity index (χ1n) is 7.32. The lowest BCUT2D eigenvalue weighted by Gasteiger charge is -2.51. The zero-order valence-corrected chi connectivity index (χ0v) is 11.6. The molecule has 1 aromatic rings. The summed E-state index contributed by atoms with van der Waals surface area (Å²) in [5.74, 6) is -0.102. The second-order valence-corrected chi connectivity index (χ2v) is 6.27. The van der Waals surface area contributed by atoms with Gasteiger partial charge < -0.3 is 10.4 Å².